The van der Waals surface area contributed by atoms with Crippen LogP contribution in [0.5, 0.6) is 0 Å². The number of thioether (sulfide) groups is 1. The summed E-state index contributed by atoms with van der Waals surface area (Å²) in [5, 5.41) is 11.8. The largest absolute Gasteiger partial charge is 0.396 e. The fourth-order valence-electron chi connectivity index (χ4n) is 1.15. The lowest BCUT2D eigenvalue weighted by molar-refractivity contribution is 0.296. The van der Waals surface area contributed by atoms with Gasteiger partial charge >= 0.3 is 0 Å². The van der Waals surface area contributed by atoms with Crippen molar-refractivity contribution in [2.24, 2.45) is 0 Å². The van der Waals surface area contributed by atoms with E-state index in [4.69, 9.17) is 5.11 Å². The number of aliphatic hydroxyl groups excluding tert-OH is 1. The van der Waals surface area contributed by atoms with E-state index in [-0.39, 0.29) is 6.61 Å². The standard InChI is InChI=1S/C11H18N2OS/c1-2-12-11-5-4-10(8-13-11)9-15-7-3-6-14/h4-5,8,14H,2-3,6-7,9H2,1H3,(H,12,13). The van der Waals surface area contributed by atoms with Crippen molar-refractivity contribution in [2.45, 2.75) is 19.1 Å². The first-order valence-electron chi connectivity index (χ1n) is 5.24. The van der Waals surface area contributed by atoms with E-state index >= 15 is 0 Å². The molecule has 3 nitrogen and oxygen atoms in total. The number of aromatic nitrogens is 1. The zero-order valence-corrected chi connectivity index (χ0v) is 9.89. The van der Waals surface area contributed by atoms with Crippen molar-refractivity contribution in [1.29, 1.82) is 0 Å². The minimum absolute atomic E-state index is 0.282. The monoisotopic (exact) mass is 226 g/mol. The van der Waals surface area contributed by atoms with Crippen LogP contribution in [-0.2, 0) is 5.75 Å². The summed E-state index contributed by atoms with van der Waals surface area (Å²) in [7, 11) is 0. The molecule has 1 rings (SSSR count). The van der Waals surface area contributed by atoms with Gasteiger partial charge < -0.3 is 10.4 Å². The first-order valence-corrected chi connectivity index (χ1v) is 6.39. The van der Waals surface area contributed by atoms with Gasteiger partial charge in [0.05, 0.1) is 0 Å². The first-order chi connectivity index (χ1) is 7.36. The Balaban J connectivity index is 2.29. The van der Waals surface area contributed by atoms with E-state index in [9.17, 15) is 0 Å². The lowest BCUT2D eigenvalue weighted by Crippen LogP contribution is -1.98. The van der Waals surface area contributed by atoms with Gasteiger partial charge in [-0.05, 0) is 30.7 Å². The summed E-state index contributed by atoms with van der Waals surface area (Å²) in [6.07, 6.45) is 2.78. The van der Waals surface area contributed by atoms with Gasteiger partial charge in [0.15, 0.2) is 0 Å². The first kappa shape index (κ1) is 12.3. The molecule has 1 aromatic rings. The molecule has 15 heavy (non-hydrogen) atoms. The molecule has 0 amide bonds. The van der Waals surface area contributed by atoms with E-state index in [1.165, 1.54) is 5.56 Å². The quantitative estimate of drug-likeness (QED) is 0.699. The van der Waals surface area contributed by atoms with Crippen LogP contribution in [0.2, 0.25) is 0 Å². The predicted octanol–water partition coefficient (Wildman–Crippen LogP) is 2.13. The van der Waals surface area contributed by atoms with Crippen LogP contribution in [-0.4, -0.2) is 29.0 Å². The molecule has 0 bridgehead atoms. The Bertz CT molecular complexity index is 264. The zero-order chi connectivity index (χ0) is 10.9. The molecule has 0 unspecified atom stereocenters. The molecule has 0 fully saturated rings. The minimum Gasteiger partial charge on any atom is -0.396 e. The van der Waals surface area contributed by atoms with Crippen LogP contribution in [0.3, 0.4) is 0 Å². The van der Waals surface area contributed by atoms with Crippen molar-refractivity contribution in [3.05, 3.63) is 23.9 Å². The fourth-order valence-corrected chi connectivity index (χ4v) is 2.04. The number of hydrogen-bond acceptors (Lipinski definition) is 4. The molecule has 0 saturated heterocycles. The fraction of sp³-hybridized carbons (Fsp3) is 0.545. The maximum Gasteiger partial charge on any atom is 0.125 e. The maximum atomic E-state index is 8.62. The smallest absolute Gasteiger partial charge is 0.125 e. The second-order valence-electron chi connectivity index (χ2n) is 3.21. The minimum atomic E-state index is 0.282. The second-order valence-corrected chi connectivity index (χ2v) is 4.32. The summed E-state index contributed by atoms with van der Waals surface area (Å²) in [5.41, 5.74) is 1.24. The van der Waals surface area contributed by atoms with Crippen LogP contribution in [0.4, 0.5) is 5.82 Å². The van der Waals surface area contributed by atoms with Crippen molar-refractivity contribution in [3.8, 4) is 0 Å². The summed E-state index contributed by atoms with van der Waals surface area (Å²) < 4.78 is 0. The molecule has 1 heterocycles. The Kier molecular flexibility index (Phi) is 6.20. The van der Waals surface area contributed by atoms with E-state index in [0.29, 0.717) is 0 Å². The van der Waals surface area contributed by atoms with Gasteiger partial charge in [-0.25, -0.2) is 4.98 Å². The average Bonchev–Trinajstić information content (AvgIpc) is 2.27. The summed E-state index contributed by atoms with van der Waals surface area (Å²) in [5.74, 6) is 2.91. The number of hydrogen-bond donors (Lipinski definition) is 2. The molecule has 0 aliphatic rings. The van der Waals surface area contributed by atoms with Crippen molar-refractivity contribution in [3.63, 3.8) is 0 Å². The Morgan fingerprint density at radius 3 is 2.93 bits per heavy atom. The third-order valence-corrected chi connectivity index (χ3v) is 3.01. The average molecular weight is 226 g/mol. The topological polar surface area (TPSA) is 45.1 Å². The molecule has 0 aliphatic carbocycles. The van der Waals surface area contributed by atoms with Crippen LogP contribution >= 0.6 is 11.8 Å². The third kappa shape index (κ3) is 5.04. The van der Waals surface area contributed by atoms with Crippen molar-refractivity contribution < 1.29 is 5.11 Å². The number of anilines is 1. The molecule has 4 heteroatoms. The lowest BCUT2D eigenvalue weighted by atomic mass is 10.3. The van der Waals surface area contributed by atoms with E-state index in [1.807, 2.05) is 24.0 Å². The lowest BCUT2D eigenvalue weighted by Gasteiger charge is -2.04. The molecule has 0 spiro atoms. The van der Waals surface area contributed by atoms with Gasteiger partial charge in [-0.15, -0.1) is 0 Å². The molecule has 0 saturated carbocycles. The molecule has 1 aromatic heterocycles. The molecule has 2 N–H and O–H groups in total. The number of pyridine rings is 1. The van der Waals surface area contributed by atoms with E-state index in [2.05, 4.69) is 23.3 Å². The van der Waals surface area contributed by atoms with Crippen molar-refractivity contribution in [2.75, 3.05) is 24.2 Å². The van der Waals surface area contributed by atoms with Gasteiger partial charge in [-0.2, -0.15) is 11.8 Å². The number of rotatable bonds is 7. The molecule has 0 radical (unpaired) electrons. The number of nitrogens with one attached hydrogen (secondary N) is 1. The molecule has 0 atom stereocenters. The molecular formula is C11H18N2OS. The van der Waals surface area contributed by atoms with Gasteiger partial charge in [0.25, 0.3) is 0 Å². The normalized spacial score (nSPS) is 10.3. The second kappa shape index (κ2) is 7.54. The van der Waals surface area contributed by atoms with E-state index in [1.54, 1.807) is 0 Å². The van der Waals surface area contributed by atoms with Crippen LogP contribution in [0.1, 0.15) is 18.9 Å². The van der Waals surface area contributed by atoms with Crippen LogP contribution in [0.15, 0.2) is 18.3 Å². The highest BCUT2D eigenvalue weighted by molar-refractivity contribution is 7.98. The van der Waals surface area contributed by atoms with Crippen LogP contribution < -0.4 is 5.32 Å². The number of nitrogens with zero attached hydrogens (tertiary/aromatic N) is 1. The van der Waals surface area contributed by atoms with Gasteiger partial charge in [-0.3, -0.25) is 0 Å². The maximum absolute atomic E-state index is 8.62. The Morgan fingerprint density at radius 1 is 1.47 bits per heavy atom. The highest BCUT2D eigenvalue weighted by Gasteiger charge is 1.95. The van der Waals surface area contributed by atoms with E-state index in [0.717, 1.165) is 30.3 Å². The Morgan fingerprint density at radius 2 is 2.33 bits per heavy atom. The highest BCUT2D eigenvalue weighted by atomic mass is 32.2. The van der Waals surface area contributed by atoms with Crippen LogP contribution in [0.25, 0.3) is 0 Å². The summed E-state index contributed by atoms with van der Waals surface area (Å²) in [4.78, 5) is 4.29. The molecule has 0 aliphatic heterocycles. The van der Waals surface area contributed by atoms with Crippen molar-refractivity contribution in [1.82, 2.24) is 4.98 Å². The summed E-state index contributed by atoms with van der Waals surface area (Å²) >= 11 is 1.83. The molecular weight excluding hydrogens is 208 g/mol. The van der Waals surface area contributed by atoms with Gasteiger partial charge in [0.1, 0.15) is 5.82 Å². The predicted molar refractivity (Wildman–Crippen MR) is 66.3 cm³/mol. The van der Waals surface area contributed by atoms with E-state index < -0.39 is 0 Å². The molecule has 0 aromatic carbocycles. The third-order valence-electron chi connectivity index (χ3n) is 1.90. The van der Waals surface area contributed by atoms with Gasteiger partial charge in [-0.1, -0.05) is 6.07 Å². The SMILES string of the molecule is CCNc1ccc(CSCCCO)cn1. The van der Waals surface area contributed by atoms with Crippen molar-refractivity contribution >= 4 is 17.6 Å². The molecule has 84 valence electrons. The number of aliphatic hydroxyl groups is 1. The van der Waals surface area contributed by atoms with Gasteiger partial charge in [0, 0.05) is 25.1 Å². The zero-order valence-electron chi connectivity index (χ0n) is 9.07. The van der Waals surface area contributed by atoms with Crippen LogP contribution in [0, 0.1) is 0 Å². The summed E-state index contributed by atoms with van der Waals surface area (Å²) in [6.45, 7) is 3.24. The summed E-state index contributed by atoms with van der Waals surface area (Å²) in [6, 6.07) is 4.10. The Hall–Kier alpha value is -0.740. The Labute approximate surface area is 95.3 Å². The van der Waals surface area contributed by atoms with Gasteiger partial charge in [0.2, 0.25) is 0 Å². The highest BCUT2D eigenvalue weighted by Crippen LogP contribution is 2.13.